The summed E-state index contributed by atoms with van der Waals surface area (Å²) < 4.78 is 11.1. The lowest BCUT2D eigenvalue weighted by molar-refractivity contribution is 0.0181. The summed E-state index contributed by atoms with van der Waals surface area (Å²) >= 11 is 0. The van der Waals surface area contributed by atoms with E-state index in [9.17, 15) is 4.79 Å². The van der Waals surface area contributed by atoms with E-state index in [0.29, 0.717) is 11.6 Å². The van der Waals surface area contributed by atoms with Gasteiger partial charge in [0.15, 0.2) is 5.58 Å². The summed E-state index contributed by atoms with van der Waals surface area (Å²) in [5.41, 5.74) is 8.95. The van der Waals surface area contributed by atoms with E-state index in [1.165, 1.54) is 0 Å². The van der Waals surface area contributed by atoms with Crippen molar-refractivity contribution in [2.45, 2.75) is 59.0 Å². The number of allylic oxidation sites excluding steroid dienone is 1. The Kier molecular flexibility index (Phi) is 5.96. The molecule has 3 rings (SSSR count). The molecule has 28 heavy (non-hydrogen) atoms. The first-order valence-electron chi connectivity index (χ1n) is 10.1. The molecule has 1 aromatic carbocycles. The van der Waals surface area contributed by atoms with E-state index in [1.54, 1.807) is 0 Å². The van der Waals surface area contributed by atoms with Crippen LogP contribution in [0.25, 0.3) is 17.0 Å². The van der Waals surface area contributed by atoms with Crippen molar-refractivity contribution >= 4 is 28.8 Å². The van der Waals surface area contributed by atoms with Crippen LogP contribution in [0.1, 0.15) is 58.2 Å². The van der Waals surface area contributed by atoms with Crippen molar-refractivity contribution < 1.29 is 14.1 Å². The van der Waals surface area contributed by atoms with Crippen LogP contribution in [0.3, 0.4) is 0 Å². The number of rotatable bonds is 4. The van der Waals surface area contributed by atoms with E-state index in [-0.39, 0.29) is 6.09 Å². The lowest BCUT2D eigenvalue weighted by Crippen LogP contribution is -2.41. The summed E-state index contributed by atoms with van der Waals surface area (Å²) in [4.78, 5) is 14.0. The van der Waals surface area contributed by atoms with Crippen LogP contribution >= 0.6 is 0 Å². The van der Waals surface area contributed by atoms with E-state index < -0.39 is 5.60 Å². The van der Waals surface area contributed by atoms with Crippen LogP contribution < -0.4 is 5.73 Å². The molecule has 0 saturated carbocycles. The van der Waals surface area contributed by atoms with Crippen LogP contribution in [0, 0.1) is 5.92 Å². The Morgan fingerprint density at radius 2 is 2.07 bits per heavy atom. The summed E-state index contributed by atoms with van der Waals surface area (Å²) in [5, 5.41) is 5.33. The molecule has 1 fully saturated rings. The highest BCUT2D eigenvalue weighted by Crippen LogP contribution is 2.30. The van der Waals surface area contributed by atoms with Gasteiger partial charge in [0.2, 0.25) is 0 Å². The zero-order valence-corrected chi connectivity index (χ0v) is 17.3. The molecule has 0 unspecified atom stereocenters. The molecule has 1 aliphatic rings. The monoisotopic (exact) mass is 385 g/mol. The van der Waals surface area contributed by atoms with Gasteiger partial charge in [-0.3, -0.25) is 0 Å². The minimum Gasteiger partial charge on any atom is -0.444 e. The third-order valence-electron chi connectivity index (χ3n) is 5.18. The summed E-state index contributed by atoms with van der Waals surface area (Å²) in [6.07, 6.45) is 7.58. The maximum absolute atomic E-state index is 12.2. The average molecular weight is 386 g/mol. The number of nitrogens with zero attached hydrogens (tertiary/aromatic N) is 2. The van der Waals surface area contributed by atoms with Gasteiger partial charge in [0.25, 0.3) is 0 Å². The van der Waals surface area contributed by atoms with Crippen molar-refractivity contribution in [1.29, 1.82) is 0 Å². The van der Waals surface area contributed by atoms with Crippen LogP contribution in [-0.2, 0) is 11.2 Å². The lowest BCUT2D eigenvalue weighted by Gasteiger charge is -2.33. The molecule has 0 radical (unpaired) electrons. The number of hydrogen-bond donors (Lipinski definition) is 1. The molecular formula is C22H31N3O3. The highest BCUT2D eigenvalue weighted by molar-refractivity contribution is 5.92. The number of piperidine rings is 1. The number of amides is 1. The fourth-order valence-corrected chi connectivity index (χ4v) is 3.68. The summed E-state index contributed by atoms with van der Waals surface area (Å²) in [5.74, 6) is 0.578. The van der Waals surface area contributed by atoms with Crippen molar-refractivity contribution in [3.63, 3.8) is 0 Å². The Hall–Kier alpha value is -2.50. The number of nitrogen functional groups attached to an aromatic ring is 1. The van der Waals surface area contributed by atoms with Crippen molar-refractivity contribution in [1.82, 2.24) is 10.1 Å². The third kappa shape index (κ3) is 4.66. The van der Waals surface area contributed by atoms with Gasteiger partial charge >= 0.3 is 6.09 Å². The number of fused-ring (bicyclic) bond motifs is 1. The number of benzene rings is 1. The van der Waals surface area contributed by atoms with E-state index in [1.807, 2.05) is 56.9 Å². The molecule has 1 saturated heterocycles. The van der Waals surface area contributed by atoms with Gasteiger partial charge in [0, 0.05) is 29.7 Å². The number of hydrogen-bond acceptors (Lipinski definition) is 5. The first-order valence-corrected chi connectivity index (χ1v) is 10.1. The van der Waals surface area contributed by atoms with Gasteiger partial charge in [0.1, 0.15) is 5.60 Å². The van der Waals surface area contributed by atoms with Crippen LogP contribution in [0.5, 0.6) is 0 Å². The molecular weight excluding hydrogens is 354 g/mol. The summed E-state index contributed by atoms with van der Waals surface area (Å²) in [7, 11) is 0. The fourth-order valence-electron chi connectivity index (χ4n) is 3.68. The average Bonchev–Trinajstić information content (AvgIpc) is 3.04. The van der Waals surface area contributed by atoms with Crippen molar-refractivity contribution in [3.05, 3.63) is 29.5 Å². The number of carbonyl (C=O) groups excluding carboxylic acids is 1. The number of aromatic nitrogens is 1. The topological polar surface area (TPSA) is 81.6 Å². The summed E-state index contributed by atoms with van der Waals surface area (Å²) in [6, 6.07) is 3.91. The normalized spacial score (nSPS) is 16.2. The predicted octanol–water partition coefficient (Wildman–Crippen LogP) is 5.02. The number of likely N-dealkylation sites (tertiary alicyclic amines) is 1. The second kappa shape index (κ2) is 8.25. The molecule has 1 amide bonds. The minimum atomic E-state index is -0.447. The van der Waals surface area contributed by atoms with Crippen molar-refractivity contribution in [3.8, 4) is 0 Å². The summed E-state index contributed by atoms with van der Waals surface area (Å²) in [6.45, 7) is 9.15. The molecule has 0 bridgehead atoms. The number of carbonyl (C=O) groups is 1. The van der Waals surface area contributed by atoms with E-state index in [2.05, 4.69) is 5.16 Å². The smallest absolute Gasteiger partial charge is 0.410 e. The standard InChI is InChI=1S/C22H31N3O3/c1-5-6-16-18(23)9-8-17-19(24-28-20(16)17)10-7-15-11-13-25(14-12-15)21(26)27-22(2,3)4/h5-6,8-9,15H,7,10-14,23H2,1-4H3/b6-5-. The Labute approximate surface area is 166 Å². The zero-order valence-electron chi connectivity index (χ0n) is 17.3. The first-order chi connectivity index (χ1) is 13.3. The Bertz CT molecular complexity index is 856. The lowest BCUT2D eigenvalue weighted by atomic mass is 9.91. The third-order valence-corrected chi connectivity index (χ3v) is 5.18. The number of aryl methyl sites for hydroxylation is 1. The second-order valence-electron chi connectivity index (χ2n) is 8.52. The highest BCUT2D eigenvalue weighted by Gasteiger charge is 2.27. The van der Waals surface area contributed by atoms with Gasteiger partial charge in [0.05, 0.1) is 5.69 Å². The second-order valence-corrected chi connectivity index (χ2v) is 8.52. The number of anilines is 1. The quantitative estimate of drug-likeness (QED) is 0.747. The molecule has 2 aromatic rings. The number of nitrogens with two attached hydrogens (primary N) is 1. The van der Waals surface area contributed by atoms with Crippen LogP contribution in [-0.4, -0.2) is 34.8 Å². The Balaban J connectivity index is 1.58. The van der Waals surface area contributed by atoms with Gasteiger partial charge in [-0.25, -0.2) is 4.79 Å². The van der Waals surface area contributed by atoms with Crippen LogP contribution in [0.4, 0.5) is 10.5 Å². The minimum absolute atomic E-state index is 0.206. The molecule has 6 nitrogen and oxygen atoms in total. The fraction of sp³-hybridized carbons (Fsp3) is 0.545. The molecule has 6 heteroatoms. The van der Waals surface area contributed by atoms with E-state index in [4.69, 9.17) is 15.0 Å². The van der Waals surface area contributed by atoms with E-state index >= 15 is 0 Å². The number of ether oxygens (including phenoxy) is 1. The molecule has 1 aromatic heterocycles. The van der Waals surface area contributed by atoms with Gasteiger partial charge in [-0.15, -0.1) is 0 Å². The van der Waals surface area contributed by atoms with Gasteiger partial charge in [-0.2, -0.15) is 0 Å². The Morgan fingerprint density at radius 1 is 1.36 bits per heavy atom. The maximum Gasteiger partial charge on any atom is 0.410 e. The molecule has 0 aliphatic carbocycles. The predicted molar refractivity (Wildman–Crippen MR) is 112 cm³/mol. The maximum atomic E-state index is 12.2. The molecule has 2 N–H and O–H groups in total. The van der Waals surface area contributed by atoms with Gasteiger partial charge in [-0.1, -0.05) is 17.3 Å². The molecule has 1 aliphatic heterocycles. The first kappa shape index (κ1) is 20.2. The highest BCUT2D eigenvalue weighted by atomic mass is 16.6. The molecule has 0 spiro atoms. The molecule has 2 heterocycles. The zero-order chi connectivity index (χ0) is 20.3. The van der Waals surface area contributed by atoms with E-state index in [0.717, 1.165) is 61.0 Å². The van der Waals surface area contributed by atoms with Gasteiger partial charge < -0.3 is 19.9 Å². The molecule has 152 valence electrons. The Morgan fingerprint density at radius 3 is 2.71 bits per heavy atom. The van der Waals surface area contributed by atoms with Crippen molar-refractivity contribution in [2.24, 2.45) is 5.92 Å². The SMILES string of the molecule is C/C=C\c1c(N)ccc2c(CCC3CCN(C(=O)OC(C)(C)C)CC3)noc12. The van der Waals surface area contributed by atoms with Crippen molar-refractivity contribution in [2.75, 3.05) is 18.8 Å². The van der Waals surface area contributed by atoms with Crippen LogP contribution in [0.15, 0.2) is 22.7 Å². The molecule has 0 atom stereocenters. The largest absolute Gasteiger partial charge is 0.444 e. The van der Waals surface area contributed by atoms with Gasteiger partial charge in [-0.05, 0) is 71.4 Å². The van der Waals surface area contributed by atoms with Crippen LogP contribution in [0.2, 0.25) is 0 Å².